The van der Waals surface area contributed by atoms with Crippen LogP contribution in [0, 0.1) is 17.8 Å². The summed E-state index contributed by atoms with van der Waals surface area (Å²) in [6.45, 7) is 5.32. The first kappa shape index (κ1) is 19.3. The zero-order chi connectivity index (χ0) is 17.5. The Morgan fingerprint density at radius 1 is 0.960 bits per heavy atom. The van der Waals surface area contributed by atoms with Gasteiger partial charge in [-0.1, -0.05) is 25.8 Å². The van der Waals surface area contributed by atoms with Gasteiger partial charge in [0, 0.05) is 17.8 Å². The molecule has 0 aromatic heterocycles. The summed E-state index contributed by atoms with van der Waals surface area (Å²) in [6.07, 6.45) is 9.10. The van der Waals surface area contributed by atoms with Gasteiger partial charge in [0.1, 0.15) is 0 Å². The van der Waals surface area contributed by atoms with E-state index in [-0.39, 0.29) is 18.4 Å². The summed E-state index contributed by atoms with van der Waals surface area (Å²) in [5, 5.41) is 0. The molecule has 3 aliphatic rings. The van der Waals surface area contributed by atoms with E-state index in [1.165, 1.54) is 19.3 Å². The third-order valence-electron chi connectivity index (χ3n) is 5.59. The first-order chi connectivity index (χ1) is 12.2. The normalized spacial score (nSPS) is 36.9. The zero-order valence-corrected chi connectivity index (χ0v) is 15.5. The average molecular weight is 356 g/mol. The molecule has 25 heavy (non-hydrogen) atoms. The van der Waals surface area contributed by atoms with Crippen molar-refractivity contribution in [1.82, 2.24) is 0 Å². The molecule has 4 nitrogen and oxygen atoms in total. The molecule has 2 fully saturated rings. The van der Waals surface area contributed by atoms with Crippen LogP contribution in [0.2, 0.25) is 0 Å². The van der Waals surface area contributed by atoms with E-state index in [0.717, 1.165) is 52.1 Å². The van der Waals surface area contributed by atoms with Crippen molar-refractivity contribution in [1.29, 1.82) is 0 Å². The molecule has 1 aliphatic carbocycles. The molecular weight excluding hydrogens is 323 g/mol. The number of allylic oxidation sites excluding steroid dienone is 2. The Labute approximate surface area is 151 Å². The van der Waals surface area contributed by atoms with Gasteiger partial charge in [0.25, 0.3) is 0 Å². The highest BCUT2D eigenvalue weighted by atomic mass is 19.1. The summed E-state index contributed by atoms with van der Waals surface area (Å²) in [7, 11) is 0. The summed E-state index contributed by atoms with van der Waals surface area (Å²) < 4.78 is 36.6. The predicted octanol–water partition coefficient (Wildman–Crippen LogP) is 4.59. The highest BCUT2D eigenvalue weighted by Gasteiger charge is 2.31. The third-order valence-corrected chi connectivity index (χ3v) is 5.59. The van der Waals surface area contributed by atoms with Crippen LogP contribution in [0.3, 0.4) is 0 Å². The molecule has 1 atom stereocenters. The summed E-state index contributed by atoms with van der Waals surface area (Å²) in [5.74, 6) is 1.27. The summed E-state index contributed by atoms with van der Waals surface area (Å²) in [6, 6.07) is 0. The molecular formula is C20H33FO4. The average Bonchev–Trinajstić information content (AvgIpc) is 2.67. The Morgan fingerprint density at radius 2 is 1.64 bits per heavy atom. The lowest BCUT2D eigenvalue weighted by Gasteiger charge is -2.36. The van der Waals surface area contributed by atoms with Crippen molar-refractivity contribution in [2.24, 2.45) is 17.8 Å². The maximum absolute atomic E-state index is 13.1. The Morgan fingerprint density at radius 3 is 2.28 bits per heavy atom. The minimum Gasteiger partial charge on any atom is -0.352 e. The van der Waals surface area contributed by atoms with Crippen LogP contribution >= 0.6 is 0 Å². The molecule has 0 bridgehead atoms. The second-order valence-electron chi connectivity index (χ2n) is 7.77. The number of hydrogen-bond acceptors (Lipinski definition) is 4. The van der Waals surface area contributed by atoms with Gasteiger partial charge in [-0.2, -0.15) is 0 Å². The second kappa shape index (κ2) is 10.0. The molecule has 0 aromatic rings. The van der Waals surface area contributed by atoms with E-state index in [4.69, 9.17) is 18.9 Å². The summed E-state index contributed by atoms with van der Waals surface area (Å²) in [4.78, 5) is 0. The van der Waals surface area contributed by atoms with Gasteiger partial charge in [0.15, 0.2) is 12.6 Å². The van der Waals surface area contributed by atoms with Crippen LogP contribution in [0.1, 0.15) is 58.3 Å². The van der Waals surface area contributed by atoms with Gasteiger partial charge in [0.2, 0.25) is 0 Å². The summed E-state index contributed by atoms with van der Waals surface area (Å²) >= 11 is 0. The molecule has 0 aromatic carbocycles. The first-order valence-electron chi connectivity index (χ1n) is 10.1. The van der Waals surface area contributed by atoms with Crippen molar-refractivity contribution in [2.45, 2.75) is 70.9 Å². The van der Waals surface area contributed by atoms with Crippen LogP contribution in [-0.2, 0) is 18.9 Å². The topological polar surface area (TPSA) is 36.9 Å². The van der Waals surface area contributed by atoms with Crippen molar-refractivity contribution >= 4 is 0 Å². The van der Waals surface area contributed by atoms with Gasteiger partial charge >= 0.3 is 0 Å². The molecule has 2 aliphatic heterocycles. The molecule has 2 saturated heterocycles. The largest absolute Gasteiger partial charge is 0.352 e. The molecule has 1 unspecified atom stereocenters. The van der Waals surface area contributed by atoms with Gasteiger partial charge < -0.3 is 18.9 Å². The quantitative estimate of drug-likeness (QED) is 0.669. The molecule has 5 heteroatoms. The maximum atomic E-state index is 13.1. The van der Waals surface area contributed by atoms with Crippen molar-refractivity contribution in [3.8, 4) is 0 Å². The van der Waals surface area contributed by atoms with Gasteiger partial charge in [-0.15, -0.1) is 0 Å². The minimum atomic E-state index is -0.165. The number of unbranched alkanes of at least 4 members (excludes halogenated alkanes) is 1. The predicted molar refractivity (Wildman–Crippen MR) is 93.7 cm³/mol. The van der Waals surface area contributed by atoms with Crippen molar-refractivity contribution in [2.75, 3.05) is 26.4 Å². The highest BCUT2D eigenvalue weighted by Crippen LogP contribution is 2.31. The van der Waals surface area contributed by atoms with E-state index in [2.05, 4.69) is 6.92 Å². The van der Waals surface area contributed by atoms with E-state index in [1.807, 2.05) is 0 Å². The highest BCUT2D eigenvalue weighted by molar-refractivity contribution is 4.98. The van der Waals surface area contributed by atoms with Gasteiger partial charge in [-0.25, -0.2) is 4.39 Å². The molecule has 144 valence electrons. The SMILES string of the molecule is CCCC[C@H]1CO[C@H](CC[C@H]2CO[C@H](C3CC=C(F)CC3)OC2)OC1. The van der Waals surface area contributed by atoms with Crippen molar-refractivity contribution < 1.29 is 23.3 Å². The fourth-order valence-electron chi connectivity index (χ4n) is 3.85. The smallest absolute Gasteiger partial charge is 0.160 e. The number of halogens is 1. The van der Waals surface area contributed by atoms with E-state index in [0.29, 0.717) is 24.2 Å². The van der Waals surface area contributed by atoms with Crippen molar-refractivity contribution in [3.63, 3.8) is 0 Å². The molecule has 2 heterocycles. The monoisotopic (exact) mass is 356 g/mol. The number of ether oxygens (including phenoxy) is 4. The van der Waals surface area contributed by atoms with E-state index in [1.54, 1.807) is 6.08 Å². The number of rotatable bonds is 7. The van der Waals surface area contributed by atoms with Crippen LogP contribution < -0.4 is 0 Å². The molecule has 0 saturated carbocycles. The molecule has 3 rings (SSSR count). The van der Waals surface area contributed by atoms with Crippen LogP contribution in [-0.4, -0.2) is 39.0 Å². The minimum absolute atomic E-state index is 0.00866. The van der Waals surface area contributed by atoms with Gasteiger partial charge in [-0.3, -0.25) is 0 Å². The van der Waals surface area contributed by atoms with Crippen LogP contribution in [0.4, 0.5) is 4.39 Å². The van der Waals surface area contributed by atoms with Crippen LogP contribution in [0.25, 0.3) is 0 Å². The van der Waals surface area contributed by atoms with Gasteiger partial charge in [-0.05, 0) is 38.5 Å². The lowest BCUT2D eigenvalue weighted by atomic mass is 9.92. The van der Waals surface area contributed by atoms with Crippen LogP contribution in [0.15, 0.2) is 11.9 Å². The molecule has 0 N–H and O–H groups in total. The molecule has 0 radical (unpaired) electrons. The van der Waals surface area contributed by atoms with E-state index >= 15 is 0 Å². The number of hydrogen-bond donors (Lipinski definition) is 0. The third kappa shape index (κ3) is 6.02. The lowest BCUT2D eigenvalue weighted by molar-refractivity contribution is -0.233. The second-order valence-corrected chi connectivity index (χ2v) is 7.77. The lowest BCUT2D eigenvalue weighted by Crippen LogP contribution is -2.38. The fourth-order valence-corrected chi connectivity index (χ4v) is 3.85. The van der Waals surface area contributed by atoms with Crippen LogP contribution in [0.5, 0.6) is 0 Å². The Bertz CT molecular complexity index is 412. The molecule has 0 spiro atoms. The maximum Gasteiger partial charge on any atom is 0.160 e. The Hall–Kier alpha value is -0.490. The first-order valence-corrected chi connectivity index (χ1v) is 10.1. The van der Waals surface area contributed by atoms with Gasteiger partial charge in [0.05, 0.1) is 32.3 Å². The fraction of sp³-hybridized carbons (Fsp3) is 0.900. The summed E-state index contributed by atoms with van der Waals surface area (Å²) in [5.41, 5.74) is 0. The van der Waals surface area contributed by atoms with E-state index in [9.17, 15) is 4.39 Å². The standard InChI is InChI=1S/C20H33FO4/c1-2-3-4-15-11-22-19(23-12-15)10-5-16-13-24-20(25-14-16)17-6-8-18(21)9-7-17/h8,15-17,19-20H,2-7,9-14H2,1H3/t15-,16-,17?,19-,20-. The Balaban J connectivity index is 1.28. The van der Waals surface area contributed by atoms with E-state index < -0.39 is 0 Å². The van der Waals surface area contributed by atoms with Crippen molar-refractivity contribution in [3.05, 3.63) is 11.9 Å². The molecule has 0 amide bonds. The Kier molecular flexibility index (Phi) is 7.71. The zero-order valence-electron chi connectivity index (χ0n) is 15.5.